The number of carbonyl (C=O) groups is 1. The van der Waals surface area contributed by atoms with Crippen LogP contribution in [-0.4, -0.2) is 16.9 Å². The molecule has 104 valence electrons. The maximum atomic E-state index is 12.5. The predicted octanol–water partition coefficient (Wildman–Crippen LogP) is 2.77. The van der Waals surface area contributed by atoms with Gasteiger partial charge in [-0.15, -0.1) is 0 Å². The molecule has 0 aromatic rings. The van der Waals surface area contributed by atoms with Gasteiger partial charge in [0.15, 0.2) is 0 Å². The van der Waals surface area contributed by atoms with Crippen molar-refractivity contribution in [3.63, 3.8) is 0 Å². The van der Waals surface area contributed by atoms with Crippen LogP contribution in [-0.2, 0) is 4.79 Å². The largest absolute Gasteiger partial charge is 0.392 e. The Kier molecular flexibility index (Phi) is 5.57. The van der Waals surface area contributed by atoms with E-state index in [9.17, 15) is 4.79 Å². The van der Waals surface area contributed by atoms with Gasteiger partial charge in [-0.1, -0.05) is 45.8 Å². The van der Waals surface area contributed by atoms with Gasteiger partial charge in [0.25, 0.3) is 0 Å². The van der Waals surface area contributed by atoms with Crippen LogP contribution in [0.15, 0.2) is 0 Å². The van der Waals surface area contributed by atoms with Gasteiger partial charge in [-0.3, -0.25) is 4.79 Å². The van der Waals surface area contributed by atoms with Crippen LogP contribution in [0, 0.1) is 11.3 Å². The summed E-state index contributed by atoms with van der Waals surface area (Å²) >= 11 is 5.18. The molecule has 0 aromatic heterocycles. The Morgan fingerprint density at radius 1 is 1.33 bits per heavy atom. The second kappa shape index (κ2) is 6.50. The fourth-order valence-corrected chi connectivity index (χ4v) is 3.20. The molecule has 3 N–H and O–H groups in total. The smallest absolute Gasteiger partial charge is 0.233 e. The SMILES string of the molecule is CCCC(CCC)(C(=O)NC1CC(C)C1)C(N)=S. The van der Waals surface area contributed by atoms with Crippen LogP contribution in [0.5, 0.6) is 0 Å². The third-order valence-electron chi connectivity index (χ3n) is 3.97. The Labute approximate surface area is 116 Å². The van der Waals surface area contributed by atoms with E-state index >= 15 is 0 Å². The van der Waals surface area contributed by atoms with Crippen molar-refractivity contribution in [2.75, 3.05) is 0 Å². The predicted molar refractivity (Wildman–Crippen MR) is 79.4 cm³/mol. The average molecular weight is 270 g/mol. The highest BCUT2D eigenvalue weighted by molar-refractivity contribution is 7.80. The number of rotatable bonds is 7. The molecule has 0 bridgehead atoms. The van der Waals surface area contributed by atoms with Crippen LogP contribution < -0.4 is 11.1 Å². The van der Waals surface area contributed by atoms with Gasteiger partial charge >= 0.3 is 0 Å². The van der Waals surface area contributed by atoms with Crippen molar-refractivity contribution in [3.8, 4) is 0 Å². The first-order chi connectivity index (χ1) is 8.46. The van der Waals surface area contributed by atoms with Crippen LogP contribution in [0.25, 0.3) is 0 Å². The van der Waals surface area contributed by atoms with E-state index in [4.69, 9.17) is 18.0 Å². The van der Waals surface area contributed by atoms with Crippen LogP contribution in [0.4, 0.5) is 0 Å². The summed E-state index contributed by atoms with van der Waals surface area (Å²) in [5.74, 6) is 0.780. The second-order valence-electron chi connectivity index (χ2n) is 5.69. The molecular weight excluding hydrogens is 244 g/mol. The fraction of sp³-hybridized carbons (Fsp3) is 0.857. The molecule has 1 amide bonds. The van der Waals surface area contributed by atoms with Crippen molar-refractivity contribution in [3.05, 3.63) is 0 Å². The number of hydrogen-bond acceptors (Lipinski definition) is 2. The van der Waals surface area contributed by atoms with Crippen molar-refractivity contribution in [2.45, 2.75) is 65.3 Å². The first-order valence-electron chi connectivity index (χ1n) is 7.07. The van der Waals surface area contributed by atoms with Gasteiger partial charge < -0.3 is 11.1 Å². The normalized spacial score (nSPS) is 23.3. The third kappa shape index (κ3) is 3.22. The van der Waals surface area contributed by atoms with E-state index < -0.39 is 5.41 Å². The minimum Gasteiger partial charge on any atom is -0.392 e. The van der Waals surface area contributed by atoms with Gasteiger partial charge in [0.2, 0.25) is 5.91 Å². The maximum absolute atomic E-state index is 12.5. The van der Waals surface area contributed by atoms with Crippen molar-refractivity contribution >= 4 is 23.1 Å². The molecule has 0 aliphatic heterocycles. The molecule has 1 saturated carbocycles. The van der Waals surface area contributed by atoms with E-state index in [1.165, 1.54) is 0 Å². The molecule has 0 aromatic carbocycles. The minimum absolute atomic E-state index is 0.0515. The van der Waals surface area contributed by atoms with Crippen LogP contribution in [0.3, 0.4) is 0 Å². The zero-order valence-electron chi connectivity index (χ0n) is 11.8. The highest BCUT2D eigenvalue weighted by Gasteiger charge is 2.41. The first kappa shape index (κ1) is 15.4. The third-order valence-corrected chi connectivity index (χ3v) is 4.36. The molecule has 4 heteroatoms. The zero-order valence-corrected chi connectivity index (χ0v) is 12.6. The summed E-state index contributed by atoms with van der Waals surface area (Å²) in [6, 6.07) is 0.329. The first-order valence-corrected chi connectivity index (χ1v) is 7.48. The van der Waals surface area contributed by atoms with Gasteiger partial charge in [-0.05, 0) is 31.6 Å². The van der Waals surface area contributed by atoms with Gasteiger partial charge in [0.1, 0.15) is 0 Å². The molecule has 0 heterocycles. The Morgan fingerprint density at radius 2 is 1.83 bits per heavy atom. The van der Waals surface area contributed by atoms with Crippen molar-refractivity contribution < 1.29 is 4.79 Å². The molecule has 0 spiro atoms. The Morgan fingerprint density at radius 3 is 2.17 bits per heavy atom. The lowest BCUT2D eigenvalue weighted by Gasteiger charge is -2.38. The molecule has 1 aliphatic carbocycles. The molecule has 18 heavy (non-hydrogen) atoms. The van der Waals surface area contributed by atoms with Gasteiger partial charge in [-0.25, -0.2) is 0 Å². The number of nitrogens with two attached hydrogens (primary N) is 1. The van der Waals surface area contributed by atoms with Crippen molar-refractivity contribution in [2.24, 2.45) is 17.1 Å². The van der Waals surface area contributed by atoms with E-state index in [1.54, 1.807) is 0 Å². The quantitative estimate of drug-likeness (QED) is 0.699. The molecule has 1 fully saturated rings. The van der Waals surface area contributed by atoms with E-state index in [-0.39, 0.29) is 5.91 Å². The molecule has 0 radical (unpaired) electrons. The second-order valence-corrected chi connectivity index (χ2v) is 6.13. The van der Waals surface area contributed by atoms with E-state index in [2.05, 4.69) is 26.1 Å². The summed E-state index contributed by atoms with van der Waals surface area (Å²) in [4.78, 5) is 12.9. The monoisotopic (exact) mass is 270 g/mol. The fourth-order valence-electron chi connectivity index (χ4n) is 2.91. The van der Waals surface area contributed by atoms with Crippen LogP contribution in [0.1, 0.15) is 59.3 Å². The zero-order chi connectivity index (χ0) is 13.8. The molecule has 3 nitrogen and oxygen atoms in total. The molecule has 0 saturated heterocycles. The maximum Gasteiger partial charge on any atom is 0.233 e. The number of thiocarbonyl (C=S) groups is 1. The summed E-state index contributed by atoms with van der Waals surface area (Å²) < 4.78 is 0. The summed E-state index contributed by atoms with van der Waals surface area (Å²) in [5, 5.41) is 3.13. The number of carbonyl (C=O) groups excluding carboxylic acids is 1. The number of hydrogen-bond donors (Lipinski definition) is 2. The van der Waals surface area contributed by atoms with E-state index in [0.717, 1.165) is 44.4 Å². The van der Waals surface area contributed by atoms with Crippen molar-refractivity contribution in [1.82, 2.24) is 5.32 Å². The van der Waals surface area contributed by atoms with Gasteiger partial charge in [0, 0.05) is 6.04 Å². The Hall–Kier alpha value is -0.640. The van der Waals surface area contributed by atoms with Crippen LogP contribution in [0.2, 0.25) is 0 Å². The molecule has 0 unspecified atom stereocenters. The highest BCUT2D eigenvalue weighted by Crippen LogP contribution is 2.33. The van der Waals surface area contributed by atoms with Gasteiger partial charge in [0.05, 0.1) is 10.4 Å². The van der Waals surface area contributed by atoms with E-state index in [1.807, 2.05) is 0 Å². The molecule has 1 rings (SSSR count). The summed E-state index contributed by atoms with van der Waals surface area (Å²) in [6.07, 6.45) is 5.51. The Balaban J connectivity index is 2.73. The lowest BCUT2D eigenvalue weighted by molar-refractivity contribution is -0.129. The lowest BCUT2D eigenvalue weighted by atomic mass is 9.76. The topological polar surface area (TPSA) is 55.1 Å². The molecular formula is C14H26N2OS. The minimum atomic E-state index is -0.627. The average Bonchev–Trinajstić information content (AvgIpc) is 2.26. The summed E-state index contributed by atoms with van der Waals surface area (Å²) in [6.45, 7) is 6.35. The van der Waals surface area contributed by atoms with E-state index in [0.29, 0.717) is 11.0 Å². The standard InChI is InChI=1S/C14H26N2OS/c1-4-6-14(7-5-2,12(15)18)13(17)16-11-8-10(3)9-11/h10-11H,4-9H2,1-3H3,(H2,15,18)(H,16,17). The number of nitrogens with one attached hydrogen (secondary N) is 1. The summed E-state index contributed by atoms with van der Waals surface area (Å²) in [5.41, 5.74) is 5.25. The van der Waals surface area contributed by atoms with Gasteiger partial charge in [-0.2, -0.15) is 0 Å². The van der Waals surface area contributed by atoms with Crippen molar-refractivity contribution in [1.29, 1.82) is 0 Å². The Bertz CT molecular complexity index is 305. The number of amides is 1. The lowest BCUT2D eigenvalue weighted by Crippen LogP contribution is -2.54. The molecule has 1 aliphatic rings. The molecule has 0 atom stereocenters. The summed E-state index contributed by atoms with van der Waals surface area (Å²) in [7, 11) is 0. The van der Waals surface area contributed by atoms with Crippen LogP contribution >= 0.6 is 12.2 Å². The highest BCUT2D eigenvalue weighted by atomic mass is 32.1.